The van der Waals surface area contributed by atoms with Crippen molar-refractivity contribution in [3.63, 3.8) is 0 Å². The van der Waals surface area contributed by atoms with Crippen molar-refractivity contribution in [2.24, 2.45) is 11.8 Å². The molecule has 1 amide bonds. The van der Waals surface area contributed by atoms with E-state index in [4.69, 9.17) is 5.41 Å². The SMILES string of the molecule is CN1C(=N)N[C@](C)(c2cc(-c3ccncc3)cs2)[C@@H](C2CC2)C1=O. The summed E-state index contributed by atoms with van der Waals surface area (Å²) >= 11 is 1.65. The van der Waals surface area contributed by atoms with Crippen LogP contribution in [0.5, 0.6) is 0 Å². The van der Waals surface area contributed by atoms with E-state index < -0.39 is 5.54 Å². The first-order valence-corrected chi connectivity index (χ1v) is 9.02. The summed E-state index contributed by atoms with van der Waals surface area (Å²) in [4.78, 5) is 19.4. The minimum atomic E-state index is -0.516. The number of nitrogens with one attached hydrogen (secondary N) is 2. The van der Waals surface area contributed by atoms with Crippen molar-refractivity contribution in [3.8, 4) is 11.1 Å². The largest absolute Gasteiger partial charge is 0.345 e. The zero-order chi connectivity index (χ0) is 16.9. The third kappa shape index (κ3) is 2.33. The Balaban J connectivity index is 1.74. The standard InChI is InChI=1S/C18H20N4OS/c1-18(14-9-13(10-24-14)11-5-7-20-8-6-11)15(12-3-4-12)16(23)22(2)17(19)21-18/h5-10,12,15H,3-4H2,1-2H3,(H2,19,21)/t15-,18+/m0/s1. The maximum atomic E-state index is 12.8. The molecule has 0 radical (unpaired) electrons. The highest BCUT2D eigenvalue weighted by molar-refractivity contribution is 7.10. The van der Waals surface area contributed by atoms with Crippen molar-refractivity contribution in [1.29, 1.82) is 5.41 Å². The molecule has 2 aromatic heterocycles. The molecule has 2 aliphatic rings. The van der Waals surface area contributed by atoms with Gasteiger partial charge in [0.15, 0.2) is 5.96 Å². The lowest BCUT2D eigenvalue weighted by atomic mass is 9.78. The van der Waals surface area contributed by atoms with E-state index in [9.17, 15) is 4.79 Å². The third-order valence-corrected chi connectivity index (χ3v) is 6.32. The molecule has 1 aliphatic carbocycles. The molecule has 1 saturated heterocycles. The topological polar surface area (TPSA) is 69.1 Å². The summed E-state index contributed by atoms with van der Waals surface area (Å²) in [5.41, 5.74) is 1.74. The quantitative estimate of drug-likeness (QED) is 0.902. The minimum Gasteiger partial charge on any atom is -0.345 e. The van der Waals surface area contributed by atoms with Crippen LogP contribution in [0.3, 0.4) is 0 Å². The fraction of sp³-hybridized carbons (Fsp3) is 0.389. The molecule has 1 saturated carbocycles. The Morgan fingerprint density at radius 1 is 1.33 bits per heavy atom. The van der Waals surface area contributed by atoms with Crippen LogP contribution in [0.4, 0.5) is 0 Å². The summed E-state index contributed by atoms with van der Waals surface area (Å²) in [7, 11) is 1.68. The summed E-state index contributed by atoms with van der Waals surface area (Å²) in [5, 5.41) is 13.6. The first kappa shape index (κ1) is 15.3. The molecular weight excluding hydrogens is 320 g/mol. The van der Waals surface area contributed by atoms with Crippen molar-refractivity contribution in [1.82, 2.24) is 15.2 Å². The summed E-state index contributed by atoms with van der Waals surface area (Å²) in [6, 6.07) is 6.12. The molecule has 6 heteroatoms. The monoisotopic (exact) mass is 340 g/mol. The highest BCUT2D eigenvalue weighted by Gasteiger charge is 2.54. The number of carbonyl (C=O) groups excluding carboxylic acids is 1. The molecule has 1 aliphatic heterocycles. The number of aromatic nitrogens is 1. The lowest BCUT2D eigenvalue weighted by molar-refractivity contribution is -0.136. The number of carbonyl (C=O) groups is 1. The van der Waals surface area contributed by atoms with Crippen LogP contribution in [0.25, 0.3) is 11.1 Å². The van der Waals surface area contributed by atoms with E-state index in [0.717, 1.165) is 28.8 Å². The van der Waals surface area contributed by atoms with Crippen molar-refractivity contribution < 1.29 is 4.79 Å². The second kappa shape index (κ2) is 5.41. The molecule has 0 aromatic carbocycles. The normalized spacial score (nSPS) is 27.2. The number of guanidine groups is 1. The van der Waals surface area contributed by atoms with Gasteiger partial charge in [0.05, 0.1) is 11.5 Å². The summed E-state index contributed by atoms with van der Waals surface area (Å²) in [6.45, 7) is 2.07. The van der Waals surface area contributed by atoms with Crippen LogP contribution >= 0.6 is 11.3 Å². The Morgan fingerprint density at radius 3 is 2.71 bits per heavy atom. The number of hydrogen-bond acceptors (Lipinski definition) is 4. The molecule has 0 bridgehead atoms. The second-order valence-electron chi connectivity index (χ2n) is 6.82. The molecule has 3 heterocycles. The van der Waals surface area contributed by atoms with Gasteiger partial charge in [0.2, 0.25) is 5.91 Å². The van der Waals surface area contributed by atoms with Gasteiger partial charge in [-0.3, -0.25) is 20.1 Å². The van der Waals surface area contributed by atoms with Gasteiger partial charge in [-0.05, 0) is 60.4 Å². The van der Waals surface area contributed by atoms with E-state index in [0.29, 0.717) is 5.92 Å². The number of rotatable bonds is 3. The van der Waals surface area contributed by atoms with Crippen molar-refractivity contribution in [2.75, 3.05) is 7.05 Å². The van der Waals surface area contributed by atoms with E-state index in [2.05, 4.69) is 28.7 Å². The molecule has 4 rings (SSSR count). The molecule has 2 fully saturated rings. The zero-order valence-corrected chi connectivity index (χ0v) is 14.6. The predicted octanol–water partition coefficient (Wildman–Crippen LogP) is 3.05. The summed E-state index contributed by atoms with van der Waals surface area (Å²) in [6.07, 6.45) is 5.76. The van der Waals surface area contributed by atoms with Crippen molar-refractivity contribution in [2.45, 2.75) is 25.3 Å². The van der Waals surface area contributed by atoms with Crippen LogP contribution in [-0.4, -0.2) is 28.8 Å². The van der Waals surface area contributed by atoms with Crippen LogP contribution in [0.15, 0.2) is 36.0 Å². The zero-order valence-electron chi connectivity index (χ0n) is 13.7. The molecule has 24 heavy (non-hydrogen) atoms. The van der Waals surface area contributed by atoms with Gasteiger partial charge >= 0.3 is 0 Å². The first-order chi connectivity index (χ1) is 11.5. The first-order valence-electron chi connectivity index (χ1n) is 8.14. The highest BCUT2D eigenvalue weighted by atomic mass is 32.1. The molecule has 2 N–H and O–H groups in total. The average molecular weight is 340 g/mol. The van der Waals surface area contributed by atoms with Gasteiger partial charge in [-0.15, -0.1) is 11.3 Å². The fourth-order valence-corrected chi connectivity index (χ4v) is 4.67. The van der Waals surface area contributed by atoms with Crippen LogP contribution in [0.2, 0.25) is 0 Å². The molecule has 0 spiro atoms. The smallest absolute Gasteiger partial charge is 0.235 e. The Hall–Kier alpha value is -2.21. The number of thiophene rings is 1. The molecular formula is C18H20N4OS. The van der Waals surface area contributed by atoms with Crippen molar-refractivity contribution in [3.05, 3.63) is 40.8 Å². The summed E-state index contributed by atoms with van der Waals surface area (Å²) in [5.74, 6) is 0.540. The number of amides is 1. The van der Waals surface area contributed by atoms with Gasteiger partial charge in [0.1, 0.15) is 0 Å². The maximum Gasteiger partial charge on any atom is 0.235 e. The Kier molecular flexibility index (Phi) is 3.46. The van der Waals surface area contributed by atoms with Gasteiger partial charge in [-0.2, -0.15) is 0 Å². The van der Waals surface area contributed by atoms with Crippen LogP contribution in [0, 0.1) is 17.2 Å². The van der Waals surface area contributed by atoms with Gasteiger partial charge in [-0.25, -0.2) is 0 Å². The number of hydrogen-bond donors (Lipinski definition) is 2. The van der Waals surface area contributed by atoms with E-state index in [1.54, 1.807) is 30.8 Å². The molecule has 2 aromatic rings. The van der Waals surface area contributed by atoms with E-state index >= 15 is 0 Å². The summed E-state index contributed by atoms with van der Waals surface area (Å²) < 4.78 is 0. The minimum absolute atomic E-state index is 0.0580. The fourth-order valence-electron chi connectivity index (χ4n) is 3.60. The van der Waals surface area contributed by atoms with Gasteiger partial charge in [-0.1, -0.05) is 0 Å². The predicted molar refractivity (Wildman–Crippen MR) is 94.7 cm³/mol. The van der Waals surface area contributed by atoms with Crippen LogP contribution in [-0.2, 0) is 10.3 Å². The average Bonchev–Trinajstić information content (AvgIpc) is 3.27. The third-order valence-electron chi connectivity index (χ3n) is 5.15. The van der Waals surface area contributed by atoms with Crippen LogP contribution < -0.4 is 5.32 Å². The highest BCUT2D eigenvalue weighted by Crippen LogP contribution is 2.49. The van der Waals surface area contributed by atoms with Gasteiger partial charge < -0.3 is 5.32 Å². The maximum absolute atomic E-state index is 12.8. The lowest BCUT2D eigenvalue weighted by Gasteiger charge is -2.45. The Labute approximate surface area is 145 Å². The van der Waals surface area contributed by atoms with Crippen molar-refractivity contribution >= 4 is 23.2 Å². The van der Waals surface area contributed by atoms with E-state index in [-0.39, 0.29) is 17.8 Å². The van der Waals surface area contributed by atoms with E-state index in [1.165, 1.54) is 4.90 Å². The van der Waals surface area contributed by atoms with Gasteiger partial charge in [0, 0.05) is 24.3 Å². The molecule has 124 valence electrons. The van der Waals surface area contributed by atoms with E-state index in [1.807, 2.05) is 12.1 Å². The Morgan fingerprint density at radius 2 is 2.04 bits per heavy atom. The van der Waals surface area contributed by atoms with Gasteiger partial charge in [0.25, 0.3) is 0 Å². The second-order valence-corrected chi connectivity index (χ2v) is 7.74. The number of nitrogens with zero attached hydrogens (tertiary/aromatic N) is 2. The van der Waals surface area contributed by atoms with Crippen LogP contribution in [0.1, 0.15) is 24.6 Å². The molecule has 0 unspecified atom stereocenters. The Bertz CT molecular complexity index is 798. The lowest BCUT2D eigenvalue weighted by Crippen LogP contribution is -2.64. The molecule has 2 atom stereocenters. The molecule has 5 nitrogen and oxygen atoms in total. The number of pyridine rings is 1.